The van der Waals surface area contributed by atoms with E-state index in [2.05, 4.69) is 53.2 Å². The van der Waals surface area contributed by atoms with Gasteiger partial charge in [0.2, 0.25) is 6.41 Å². The summed E-state index contributed by atoms with van der Waals surface area (Å²) in [5, 5.41) is 13.7. The summed E-state index contributed by atoms with van der Waals surface area (Å²) in [6.07, 6.45) is 7.75. The van der Waals surface area contributed by atoms with E-state index in [1.54, 1.807) is 18.2 Å². The molecule has 7 nitrogen and oxygen atoms in total. The van der Waals surface area contributed by atoms with Crippen LogP contribution in [-0.4, -0.2) is 42.9 Å². The standard InChI is InChI=1S/C24H26F2N2O3.C5H5NOS2/c1-28(21-13-11-19(12-14-21)18-5-3-2-4-6-18)15-17-7-9-20(10-8-17)22(29)27-16-24(25,26)23(30)31;7-3-6-4-1-2-5(8)9-4/h5,7-14H,2-4,6,15-16H2,1H3,(H,27,29)(H,30,31);1-3,8H,(H,6,7). The highest BCUT2D eigenvalue weighted by atomic mass is 32.2. The largest absolute Gasteiger partial charge is 0.477 e. The van der Waals surface area contributed by atoms with Crippen LogP contribution in [0.1, 0.15) is 47.2 Å². The van der Waals surface area contributed by atoms with E-state index in [0.29, 0.717) is 13.0 Å². The molecule has 1 heterocycles. The van der Waals surface area contributed by atoms with E-state index in [1.165, 1.54) is 47.4 Å². The molecule has 212 valence electrons. The molecule has 40 heavy (non-hydrogen) atoms. The average Bonchev–Trinajstić information content (AvgIpc) is 3.37. The van der Waals surface area contributed by atoms with Crippen molar-refractivity contribution in [3.63, 3.8) is 0 Å². The number of carbonyl (C=O) groups excluding carboxylic acids is 2. The Morgan fingerprint density at radius 2 is 1.77 bits per heavy atom. The number of alkyl halides is 2. The highest BCUT2D eigenvalue weighted by Gasteiger charge is 2.39. The van der Waals surface area contributed by atoms with Crippen LogP contribution in [0.5, 0.6) is 0 Å². The lowest BCUT2D eigenvalue weighted by Gasteiger charge is -2.21. The van der Waals surface area contributed by atoms with Gasteiger partial charge in [-0.1, -0.05) is 30.3 Å². The van der Waals surface area contributed by atoms with Crippen LogP contribution in [0.25, 0.3) is 5.57 Å². The predicted octanol–water partition coefficient (Wildman–Crippen LogP) is 6.34. The number of aliphatic carboxylic acids is 1. The first-order valence-electron chi connectivity index (χ1n) is 12.6. The Morgan fingerprint density at radius 3 is 2.33 bits per heavy atom. The van der Waals surface area contributed by atoms with Gasteiger partial charge >= 0.3 is 11.9 Å². The molecule has 1 aliphatic rings. The number of hydrogen-bond donors (Lipinski definition) is 4. The number of halogens is 2. The molecule has 0 saturated carbocycles. The molecule has 0 saturated heterocycles. The van der Waals surface area contributed by atoms with Crippen LogP contribution in [0.4, 0.5) is 19.5 Å². The number of anilines is 2. The van der Waals surface area contributed by atoms with Gasteiger partial charge < -0.3 is 20.6 Å². The third-order valence-corrected chi connectivity index (χ3v) is 7.42. The molecule has 0 fully saturated rings. The summed E-state index contributed by atoms with van der Waals surface area (Å²) >= 11 is 5.49. The van der Waals surface area contributed by atoms with E-state index in [9.17, 15) is 23.2 Å². The minimum atomic E-state index is -4.00. The number of hydrogen-bond acceptors (Lipinski definition) is 6. The summed E-state index contributed by atoms with van der Waals surface area (Å²) in [6, 6.07) is 18.7. The van der Waals surface area contributed by atoms with Crippen molar-refractivity contribution in [2.45, 2.75) is 42.4 Å². The van der Waals surface area contributed by atoms with Gasteiger partial charge in [0, 0.05) is 24.8 Å². The molecule has 2 amide bonds. The molecular formula is C29H31F2N3O4S2. The van der Waals surface area contributed by atoms with E-state index in [1.807, 2.05) is 18.4 Å². The number of thiophene rings is 1. The molecule has 0 unspecified atom stereocenters. The highest BCUT2D eigenvalue weighted by molar-refractivity contribution is 7.83. The zero-order valence-corrected chi connectivity index (χ0v) is 23.6. The fraction of sp³-hybridized carbons (Fsp3) is 0.276. The highest BCUT2D eigenvalue weighted by Crippen LogP contribution is 2.28. The SMILES string of the molecule is CN(Cc1ccc(C(=O)NCC(F)(F)C(=O)O)cc1)c1ccc(C2=CCCCC2)cc1.O=CNc1ccc(S)s1. The third kappa shape index (κ3) is 9.20. The molecule has 0 spiro atoms. The Morgan fingerprint density at radius 1 is 1.07 bits per heavy atom. The van der Waals surface area contributed by atoms with E-state index in [0.717, 1.165) is 33.3 Å². The first kappa shape index (κ1) is 30.8. The number of nitrogens with zero attached hydrogens (tertiary/aromatic N) is 1. The van der Waals surface area contributed by atoms with Crippen molar-refractivity contribution >= 4 is 58.5 Å². The van der Waals surface area contributed by atoms with Gasteiger partial charge in [0.05, 0.1) is 15.8 Å². The molecule has 0 radical (unpaired) electrons. The number of carboxylic acids is 1. The van der Waals surface area contributed by atoms with Crippen molar-refractivity contribution in [3.8, 4) is 0 Å². The zero-order valence-electron chi connectivity index (χ0n) is 21.9. The summed E-state index contributed by atoms with van der Waals surface area (Å²) in [7, 11) is 1.98. The van der Waals surface area contributed by atoms with Gasteiger partial charge in [0.1, 0.15) is 0 Å². The van der Waals surface area contributed by atoms with Gasteiger partial charge in [0.15, 0.2) is 0 Å². The van der Waals surface area contributed by atoms with Crippen molar-refractivity contribution in [1.82, 2.24) is 5.32 Å². The molecule has 1 aromatic heterocycles. The zero-order chi connectivity index (χ0) is 29.1. The molecule has 2 aromatic carbocycles. The predicted molar refractivity (Wildman–Crippen MR) is 158 cm³/mol. The maximum absolute atomic E-state index is 13.1. The van der Waals surface area contributed by atoms with E-state index in [-0.39, 0.29) is 5.56 Å². The first-order chi connectivity index (χ1) is 19.1. The summed E-state index contributed by atoms with van der Waals surface area (Å²) in [6.45, 7) is -0.639. The Bertz CT molecular complexity index is 1330. The number of carboxylic acid groups (broad SMARTS) is 1. The Kier molecular flexibility index (Phi) is 11.3. The number of carbonyl (C=O) groups is 3. The summed E-state index contributed by atoms with van der Waals surface area (Å²) in [5.74, 6) is -7.01. The van der Waals surface area contributed by atoms with Crippen LogP contribution in [0.15, 0.2) is 70.9 Å². The lowest BCUT2D eigenvalue weighted by Crippen LogP contribution is -2.42. The molecule has 3 N–H and O–H groups in total. The second-order valence-corrected chi connectivity index (χ2v) is 11.0. The molecule has 4 rings (SSSR count). The second kappa shape index (κ2) is 14.6. The summed E-state index contributed by atoms with van der Waals surface area (Å²) in [5.41, 5.74) is 4.89. The average molecular weight is 588 g/mol. The fourth-order valence-electron chi connectivity index (χ4n) is 3.99. The number of nitrogens with one attached hydrogen (secondary N) is 2. The van der Waals surface area contributed by atoms with Crippen molar-refractivity contribution in [2.24, 2.45) is 0 Å². The van der Waals surface area contributed by atoms with Gasteiger partial charge in [-0.3, -0.25) is 9.59 Å². The van der Waals surface area contributed by atoms with Crippen LogP contribution in [0.3, 0.4) is 0 Å². The smallest absolute Gasteiger partial charge is 0.376 e. The minimum absolute atomic E-state index is 0.192. The van der Waals surface area contributed by atoms with Crippen molar-refractivity contribution in [3.05, 3.63) is 83.4 Å². The fourth-order valence-corrected chi connectivity index (χ4v) is 4.96. The molecule has 1 aliphatic carbocycles. The Labute approximate surface area is 241 Å². The van der Waals surface area contributed by atoms with E-state index >= 15 is 0 Å². The molecular weight excluding hydrogens is 556 g/mol. The van der Waals surface area contributed by atoms with Gasteiger partial charge in [-0.25, -0.2) is 4.79 Å². The molecule has 0 bridgehead atoms. The van der Waals surface area contributed by atoms with Gasteiger partial charge in [0.25, 0.3) is 5.91 Å². The maximum atomic E-state index is 13.1. The third-order valence-electron chi connectivity index (χ3n) is 6.18. The second-order valence-electron chi connectivity index (χ2n) is 9.17. The number of benzene rings is 2. The molecule has 0 atom stereocenters. The van der Waals surface area contributed by atoms with Crippen molar-refractivity contribution < 1.29 is 28.3 Å². The monoisotopic (exact) mass is 587 g/mol. The number of allylic oxidation sites excluding steroid dienone is 2. The molecule has 11 heteroatoms. The van der Waals surface area contributed by atoms with E-state index < -0.39 is 24.3 Å². The quantitative estimate of drug-likeness (QED) is 0.164. The van der Waals surface area contributed by atoms with Gasteiger partial charge in [-0.15, -0.1) is 24.0 Å². The number of thiol groups is 1. The normalized spacial score (nSPS) is 12.8. The van der Waals surface area contributed by atoms with Gasteiger partial charge in [-0.2, -0.15) is 8.78 Å². The van der Waals surface area contributed by atoms with Crippen molar-refractivity contribution in [2.75, 3.05) is 23.8 Å². The topological polar surface area (TPSA) is 98.7 Å². The summed E-state index contributed by atoms with van der Waals surface area (Å²) in [4.78, 5) is 34.3. The van der Waals surface area contributed by atoms with Crippen LogP contribution in [0.2, 0.25) is 0 Å². The molecule has 3 aromatic rings. The van der Waals surface area contributed by atoms with Crippen LogP contribution in [0, 0.1) is 0 Å². The van der Waals surface area contributed by atoms with Crippen molar-refractivity contribution in [1.29, 1.82) is 0 Å². The molecule has 0 aliphatic heterocycles. The lowest BCUT2D eigenvalue weighted by molar-refractivity contribution is -0.163. The van der Waals surface area contributed by atoms with Crippen LogP contribution < -0.4 is 15.5 Å². The van der Waals surface area contributed by atoms with Crippen LogP contribution in [-0.2, 0) is 16.1 Å². The van der Waals surface area contributed by atoms with Gasteiger partial charge in [-0.05, 0) is 78.8 Å². The Balaban J connectivity index is 0.000000415. The first-order valence-corrected chi connectivity index (χ1v) is 13.8. The minimum Gasteiger partial charge on any atom is -0.477 e. The Hall–Kier alpha value is -3.70. The maximum Gasteiger partial charge on any atom is 0.376 e. The number of rotatable bonds is 10. The number of amides is 2. The lowest BCUT2D eigenvalue weighted by atomic mass is 9.93. The van der Waals surface area contributed by atoms with E-state index in [4.69, 9.17) is 5.11 Å². The summed E-state index contributed by atoms with van der Waals surface area (Å²) < 4.78 is 27.1. The van der Waals surface area contributed by atoms with Crippen LogP contribution >= 0.6 is 24.0 Å².